The molecule has 1 fully saturated rings. The maximum Gasteiger partial charge on any atom is 0.139 e. The van der Waals surface area contributed by atoms with Gasteiger partial charge in [0.2, 0.25) is 0 Å². The van der Waals surface area contributed by atoms with Crippen LogP contribution in [0.5, 0.6) is 0 Å². The number of ether oxygens (including phenoxy) is 1. The molecule has 1 atom stereocenters. The Hall–Kier alpha value is -1.35. The molecule has 2 heterocycles. The summed E-state index contributed by atoms with van der Waals surface area (Å²) < 4.78 is 8.15. The predicted molar refractivity (Wildman–Crippen MR) is 72.5 cm³/mol. The van der Waals surface area contributed by atoms with Crippen LogP contribution >= 0.6 is 0 Å². The quantitative estimate of drug-likeness (QED) is 0.825. The summed E-state index contributed by atoms with van der Waals surface area (Å²) in [6.45, 7) is 6.37. The van der Waals surface area contributed by atoms with E-state index in [0.29, 0.717) is 5.92 Å². The first-order valence-electron chi connectivity index (χ1n) is 6.82. The van der Waals surface area contributed by atoms with Gasteiger partial charge in [-0.1, -0.05) is 26.0 Å². The van der Waals surface area contributed by atoms with E-state index in [1.807, 2.05) is 6.07 Å². The third-order valence-corrected chi connectivity index (χ3v) is 3.45. The van der Waals surface area contributed by atoms with Gasteiger partial charge in [0.15, 0.2) is 0 Å². The van der Waals surface area contributed by atoms with Crippen LogP contribution in [0.4, 0.5) is 0 Å². The maximum atomic E-state index is 5.81. The van der Waals surface area contributed by atoms with Crippen LogP contribution in [0.3, 0.4) is 0 Å². The van der Waals surface area contributed by atoms with Gasteiger partial charge in [0, 0.05) is 13.2 Å². The molecule has 1 aliphatic rings. The molecule has 0 aliphatic carbocycles. The van der Waals surface area contributed by atoms with Gasteiger partial charge in [0.25, 0.3) is 0 Å². The second kappa shape index (κ2) is 4.73. The molecule has 0 unspecified atom stereocenters. The van der Waals surface area contributed by atoms with Crippen molar-refractivity contribution in [3.05, 3.63) is 30.1 Å². The first-order valence-corrected chi connectivity index (χ1v) is 6.82. The highest BCUT2D eigenvalue weighted by atomic mass is 16.5. The van der Waals surface area contributed by atoms with Crippen molar-refractivity contribution in [3.8, 4) is 0 Å². The van der Waals surface area contributed by atoms with E-state index in [1.165, 1.54) is 5.52 Å². The molecule has 0 spiro atoms. The van der Waals surface area contributed by atoms with E-state index >= 15 is 0 Å². The molecule has 96 valence electrons. The van der Waals surface area contributed by atoms with Crippen LogP contribution in [0.25, 0.3) is 11.0 Å². The Kier molecular flexibility index (Phi) is 3.08. The molecule has 0 N–H and O–H groups in total. The van der Waals surface area contributed by atoms with E-state index in [1.54, 1.807) is 0 Å². The van der Waals surface area contributed by atoms with Crippen LogP contribution < -0.4 is 0 Å². The van der Waals surface area contributed by atoms with Crippen molar-refractivity contribution in [2.24, 2.45) is 5.92 Å². The number of rotatable bonds is 3. The fourth-order valence-electron chi connectivity index (χ4n) is 2.68. The lowest BCUT2D eigenvalue weighted by atomic mass is 10.2. The molecule has 2 aromatic rings. The SMILES string of the molecule is CC(C)Cn1c([C@@H]2CCCO2)nc2ccccc21. The van der Waals surface area contributed by atoms with Crippen molar-refractivity contribution < 1.29 is 4.74 Å². The van der Waals surface area contributed by atoms with Crippen LogP contribution in [0.2, 0.25) is 0 Å². The van der Waals surface area contributed by atoms with E-state index < -0.39 is 0 Å². The summed E-state index contributed by atoms with van der Waals surface area (Å²) in [5, 5.41) is 0. The lowest BCUT2D eigenvalue weighted by Gasteiger charge is -2.15. The lowest BCUT2D eigenvalue weighted by Crippen LogP contribution is -2.11. The maximum absolute atomic E-state index is 5.81. The summed E-state index contributed by atoms with van der Waals surface area (Å²) in [5.74, 6) is 1.73. The highest BCUT2D eigenvalue weighted by Crippen LogP contribution is 2.30. The molecule has 3 heteroatoms. The van der Waals surface area contributed by atoms with Crippen molar-refractivity contribution in [1.29, 1.82) is 0 Å². The number of nitrogens with zero attached hydrogens (tertiary/aromatic N) is 2. The molecule has 1 saturated heterocycles. The smallest absolute Gasteiger partial charge is 0.139 e. The molecular weight excluding hydrogens is 224 g/mol. The van der Waals surface area contributed by atoms with Crippen molar-refractivity contribution in [2.45, 2.75) is 39.3 Å². The van der Waals surface area contributed by atoms with Crippen molar-refractivity contribution >= 4 is 11.0 Å². The minimum Gasteiger partial charge on any atom is -0.370 e. The number of para-hydroxylation sites is 2. The zero-order valence-corrected chi connectivity index (χ0v) is 11.1. The first-order chi connectivity index (χ1) is 8.75. The summed E-state index contributed by atoms with van der Waals surface area (Å²) in [5.41, 5.74) is 2.32. The minimum absolute atomic E-state index is 0.191. The highest BCUT2D eigenvalue weighted by Gasteiger charge is 2.24. The molecule has 1 aromatic heterocycles. The van der Waals surface area contributed by atoms with Gasteiger partial charge in [-0.25, -0.2) is 4.98 Å². The van der Waals surface area contributed by atoms with Crippen molar-refractivity contribution in [2.75, 3.05) is 6.61 Å². The number of aromatic nitrogens is 2. The van der Waals surface area contributed by atoms with Crippen molar-refractivity contribution in [3.63, 3.8) is 0 Å². The summed E-state index contributed by atoms with van der Waals surface area (Å²) >= 11 is 0. The van der Waals surface area contributed by atoms with Gasteiger partial charge >= 0.3 is 0 Å². The Bertz CT molecular complexity index is 538. The fraction of sp³-hybridized carbons (Fsp3) is 0.533. The highest BCUT2D eigenvalue weighted by molar-refractivity contribution is 5.76. The molecule has 0 saturated carbocycles. The zero-order valence-electron chi connectivity index (χ0n) is 11.1. The molecule has 3 nitrogen and oxygen atoms in total. The molecular formula is C15H20N2O. The summed E-state index contributed by atoms with van der Waals surface area (Å²) in [6, 6.07) is 8.38. The topological polar surface area (TPSA) is 27.1 Å². The average Bonchev–Trinajstić information content (AvgIpc) is 2.96. The predicted octanol–water partition coefficient (Wildman–Crippen LogP) is 3.54. The lowest BCUT2D eigenvalue weighted by molar-refractivity contribution is 0.102. The molecule has 18 heavy (non-hydrogen) atoms. The van der Waals surface area contributed by atoms with Crippen molar-refractivity contribution in [1.82, 2.24) is 9.55 Å². The Morgan fingerprint density at radius 2 is 2.22 bits per heavy atom. The fourth-order valence-corrected chi connectivity index (χ4v) is 2.68. The molecule has 0 amide bonds. The van der Waals surface area contributed by atoms with E-state index in [2.05, 4.69) is 36.6 Å². The largest absolute Gasteiger partial charge is 0.370 e. The first kappa shape index (κ1) is 11.7. The zero-order chi connectivity index (χ0) is 12.5. The number of fused-ring (bicyclic) bond motifs is 1. The van der Waals surface area contributed by atoms with E-state index in [0.717, 1.165) is 37.3 Å². The van der Waals surface area contributed by atoms with Gasteiger partial charge in [0.05, 0.1) is 11.0 Å². The van der Waals surface area contributed by atoms with Crippen LogP contribution in [0.15, 0.2) is 24.3 Å². The molecule has 1 aromatic carbocycles. The molecule has 0 radical (unpaired) electrons. The van der Waals surface area contributed by atoms with Gasteiger partial charge < -0.3 is 9.30 Å². The Balaban J connectivity index is 2.10. The Labute approximate surface area is 108 Å². The number of imidazole rings is 1. The summed E-state index contributed by atoms with van der Waals surface area (Å²) in [4.78, 5) is 4.79. The third kappa shape index (κ3) is 2.03. The minimum atomic E-state index is 0.191. The second-order valence-electron chi connectivity index (χ2n) is 5.46. The van der Waals surface area contributed by atoms with Crippen LogP contribution in [0, 0.1) is 5.92 Å². The van der Waals surface area contributed by atoms with Crippen LogP contribution in [-0.4, -0.2) is 16.2 Å². The van der Waals surface area contributed by atoms with Gasteiger partial charge in [-0.15, -0.1) is 0 Å². The van der Waals surface area contributed by atoms with E-state index in [4.69, 9.17) is 9.72 Å². The number of hydrogen-bond acceptors (Lipinski definition) is 2. The second-order valence-corrected chi connectivity index (χ2v) is 5.46. The third-order valence-electron chi connectivity index (χ3n) is 3.45. The normalized spacial score (nSPS) is 20.1. The molecule has 1 aliphatic heterocycles. The Morgan fingerprint density at radius 3 is 2.94 bits per heavy atom. The standard InChI is InChI=1S/C15H20N2O/c1-11(2)10-17-13-7-4-3-6-12(13)16-15(17)14-8-5-9-18-14/h3-4,6-7,11,14H,5,8-10H2,1-2H3/t14-/m0/s1. The van der Waals surface area contributed by atoms with Gasteiger partial charge in [-0.05, 0) is 30.9 Å². The monoisotopic (exact) mass is 244 g/mol. The summed E-state index contributed by atoms with van der Waals surface area (Å²) in [6.07, 6.45) is 2.44. The number of hydrogen-bond donors (Lipinski definition) is 0. The van der Waals surface area contributed by atoms with Gasteiger partial charge in [-0.3, -0.25) is 0 Å². The number of benzene rings is 1. The van der Waals surface area contributed by atoms with Gasteiger partial charge in [-0.2, -0.15) is 0 Å². The molecule has 0 bridgehead atoms. The Morgan fingerprint density at radius 1 is 1.39 bits per heavy atom. The van der Waals surface area contributed by atoms with E-state index in [-0.39, 0.29) is 6.10 Å². The molecule has 3 rings (SSSR count). The summed E-state index contributed by atoms with van der Waals surface area (Å²) in [7, 11) is 0. The van der Waals surface area contributed by atoms with Crippen LogP contribution in [0.1, 0.15) is 38.6 Å². The van der Waals surface area contributed by atoms with E-state index in [9.17, 15) is 0 Å². The van der Waals surface area contributed by atoms with Gasteiger partial charge in [0.1, 0.15) is 11.9 Å². The van der Waals surface area contributed by atoms with Crippen LogP contribution in [-0.2, 0) is 11.3 Å². The average molecular weight is 244 g/mol.